The molecule has 3 nitrogen and oxygen atoms in total. The molecule has 0 amide bonds. The van der Waals surface area contributed by atoms with E-state index in [-0.39, 0.29) is 32.0 Å². The van der Waals surface area contributed by atoms with Crippen LogP contribution in [0.4, 0.5) is 8.78 Å². The molecule has 19 heavy (non-hydrogen) atoms. The van der Waals surface area contributed by atoms with Gasteiger partial charge in [0.25, 0.3) is 10.1 Å². The van der Waals surface area contributed by atoms with Gasteiger partial charge in [-0.15, -0.1) is 0 Å². The van der Waals surface area contributed by atoms with E-state index >= 15 is 0 Å². The Kier molecular flexibility index (Phi) is 15.2. The number of hydrogen-bond donors (Lipinski definition) is 1. The monoisotopic (exact) mass is 294 g/mol. The first-order chi connectivity index (χ1) is 8.45. The molecule has 0 aromatic heterocycles. The SMILES string of the molecule is O=S(=O)(O)CC(F)CCCCCCCCCCF.[LiH]. The summed E-state index contributed by atoms with van der Waals surface area (Å²) in [6, 6.07) is 0. The van der Waals surface area contributed by atoms with Gasteiger partial charge in [-0.1, -0.05) is 44.9 Å². The average molecular weight is 294 g/mol. The molecule has 0 fully saturated rings. The standard InChI is InChI=1S/C12H24F2O3S.Li.H/c13-10-8-6-4-2-1-3-5-7-9-12(14)11-18(15,16)17;;/h12H,1-11H2,(H,15,16,17);;. The number of alkyl halides is 2. The van der Waals surface area contributed by atoms with Crippen LogP contribution in [0.2, 0.25) is 0 Å². The molecular weight excluding hydrogens is 269 g/mol. The Morgan fingerprint density at radius 3 is 1.74 bits per heavy atom. The summed E-state index contributed by atoms with van der Waals surface area (Å²) in [4.78, 5) is 0. The quantitative estimate of drug-likeness (QED) is 0.342. The molecule has 0 aliphatic carbocycles. The summed E-state index contributed by atoms with van der Waals surface area (Å²) < 4.78 is 54.0. The summed E-state index contributed by atoms with van der Waals surface area (Å²) in [6.45, 7) is -0.244. The van der Waals surface area contributed by atoms with Crippen LogP contribution in [0.25, 0.3) is 0 Å². The maximum absolute atomic E-state index is 13.0. The summed E-state index contributed by atoms with van der Waals surface area (Å²) in [7, 11) is -4.19. The molecule has 0 aromatic carbocycles. The van der Waals surface area contributed by atoms with Gasteiger partial charge in [-0.05, 0) is 12.8 Å². The number of rotatable bonds is 12. The fraction of sp³-hybridized carbons (Fsp3) is 1.00. The predicted octanol–water partition coefficient (Wildman–Crippen LogP) is 3.04. The van der Waals surface area contributed by atoms with Gasteiger partial charge in [-0.2, -0.15) is 8.42 Å². The molecule has 1 unspecified atom stereocenters. The van der Waals surface area contributed by atoms with Crippen LogP contribution in [0, 0.1) is 0 Å². The van der Waals surface area contributed by atoms with E-state index in [9.17, 15) is 17.2 Å². The molecule has 0 saturated heterocycles. The van der Waals surface area contributed by atoms with Crippen molar-refractivity contribution < 1.29 is 21.8 Å². The van der Waals surface area contributed by atoms with Gasteiger partial charge in [0.05, 0.1) is 6.67 Å². The van der Waals surface area contributed by atoms with Crippen LogP contribution in [-0.2, 0) is 10.1 Å². The third kappa shape index (κ3) is 18.4. The fourth-order valence-electron chi connectivity index (χ4n) is 1.83. The number of hydrogen-bond acceptors (Lipinski definition) is 2. The van der Waals surface area contributed by atoms with Crippen molar-refractivity contribution in [1.82, 2.24) is 0 Å². The second kappa shape index (κ2) is 13.4. The van der Waals surface area contributed by atoms with Gasteiger partial charge in [-0.25, -0.2) is 4.39 Å². The van der Waals surface area contributed by atoms with Crippen molar-refractivity contribution >= 4 is 29.0 Å². The molecule has 0 rings (SSSR count). The zero-order valence-corrected chi connectivity index (χ0v) is 11.6. The van der Waals surface area contributed by atoms with Crippen LogP contribution in [0.1, 0.15) is 57.8 Å². The topological polar surface area (TPSA) is 54.4 Å². The Hall–Kier alpha value is 0.367. The predicted molar refractivity (Wildman–Crippen MR) is 76.0 cm³/mol. The van der Waals surface area contributed by atoms with Gasteiger partial charge in [0.15, 0.2) is 0 Å². The van der Waals surface area contributed by atoms with E-state index in [1.807, 2.05) is 0 Å². The normalized spacial score (nSPS) is 13.0. The maximum atomic E-state index is 13.0. The molecule has 0 heterocycles. The molecular formula is C12H25F2LiO3S. The van der Waals surface area contributed by atoms with Gasteiger partial charge in [0.2, 0.25) is 0 Å². The van der Waals surface area contributed by atoms with Crippen LogP contribution in [0.3, 0.4) is 0 Å². The van der Waals surface area contributed by atoms with Crippen molar-refractivity contribution in [2.45, 2.75) is 64.0 Å². The molecule has 7 heteroatoms. The van der Waals surface area contributed by atoms with Gasteiger partial charge >= 0.3 is 18.9 Å². The second-order valence-corrected chi connectivity index (χ2v) is 6.15. The Labute approximate surface area is 127 Å². The van der Waals surface area contributed by atoms with Gasteiger partial charge in [-0.3, -0.25) is 8.94 Å². The Bertz CT molecular complexity index is 287. The van der Waals surface area contributed by atoms with Crippen LogP contribution < -0.4 is 0 Å². The molecule has 0 radical (unpaired) electrons. The van der Waals surface area contributed by atoms with Gasteiger partial charge < -0.3 is 0 Å². The molecule has 112 valence electrons. The second-order valence-electron chi connectivity index (χ2n) is 4.65. The zero-order chi connectivity index (χ0) is 13.9. The van der Waals surface area contributed by atoms with Crippen LogP contribution in [-0.4, -0.2) is 50.4 Å². The Balaban J connectivity index is 0. The van der Waals surface area contributed by atoms with Crippen molar-refractivity contribution in [1.29, 1.82) is 0 Å². The third-order valence-corrected chi connectivity index (χ3v) is 3.58. The molecule has 0 aliphatic heterocycles. The minimum atomic E-state index is -4.19. The van der Waals surface area contributed by atoms with Crippen LogP contribution >= 0.6 is 0 Å². The molecule has 0 aromatic rings. The molecule has 0 spiro atoms. The first-order valence-corrected chi connectivity index (χ1v) is 8.22. The molecule has 0 saturated carbocycles. The molecule has 1 atom stereocenters. The van der Waals surface area contributed by atoms with E-state index in [4.69, 9.17) is 4.55 Å². The van der Waals surface area contributed by atoms with E-state index in [2.05, 4.69) is 0 Å². The first-order valence-electron chi connectivity index (χ1n) is 6.61. The summed E-state index contributed by atoms with van der Waals surface area (Å²) in [6.07, 6.45) is 5.96. The third-order valence-electron chi connectivity index (χ3n) is 2.79. The van der Waals surface area contributed by atoms with E-state index in [1.165, 1.54) is 0 Å². The van der Waals surface area contributed by atoms with E-state index in [1.54, 1.807) is 0 Å². The molecule has 1 N–H and O–H groups in total. The number of unbranched alkanes of at least 4 members (excludes halogenated alkanes) is 7. The van der Waals surface area contributed by atoms with Crippen LogP contribution in [0.15, 0.2) is 0 Å². The van der Waals surface area contributed by atoms with E-state index in [0.29, 0.717) is 12.8 Å². The fourth-order valence-corrected chi connectivity index (χ4v) is 2.46. The van der Waals surface area contributed by atoms with Gasteiger partial charge in [0.1, 0.15) is 11.9 Å². The zero-order valence-electron chi connectivity index (χ0n) is 10.8. The van der Waals surface area contributed by atoms with E-state index in [0.717, 1.165) is 38.5 Å². The summed E-state index contributed by atoms with van der Waals surface area (Å²) >= 11 is 0. The van der Waals surface area contributed by atoms with E-state index < -0.39 is 22.0 Å². The van der Waals surface area contributed by atoms with Crippen molar-refractivity contribution in [3.05, 3.63) is 0 Å². The summed E-state index contributed by atoms with van der Waals surface area (Å²) in [5, 5.41) is 0. The average Bonchev–Trinajstić information content (AvgIpc) is 2.24. The molecule has 0 aliphatic rings. The van der Waals surface area contributed by atoms with Crippen molar-refractivity contribution in [3.8, 4) is 0 Å². The molecule has 0 bridgehead atoms. The summed E-state index contributed by atoms with van der Waals surface area (Å²) in [5.74, 6) is -0.795. The van der Waals surface area contributed by atoms with Crippen molar-refractivity contribution in [2.24, 2.45) is 0 Å². The van der Waals surface area contributed by atoms with Crippen molar-refractivity contribution in [2.75, 3.05) is 12.4 Å². The van der Waals surface area contributed by atoms with Gasteiger partial charge in [0, 0.05) is 0 Å². The number of halogens is 2. The summed E-state index contributed by atoms with van der Waals surface area (Å²) in [5.41, 5.74) is 0. The van der Waals surface area contributed by atoms with Crippen LogP contribution in [0.5, 0.6) is 0 Å². The minimum absolute atomic E-state index is 0. The van der Waals surface area contributed by atoms with Crippen molar-refractivity contribution in [3.63, 3.8) is 0 Å². The first kappa shape index (κ1) is 21.7. The Morgan fingerprint density at radius 2 is 1.32 bits per heavy atom. The Morgan fingerprint density at radius 1 is 0.895 bits per heavy atom.